The first-order valence-electron chi connectivity index (χ1n) is 9.08. The van der Waals surface area contributed by atoms with Crippen LogP contribution in [0, 0.1) is 0 Å². The molecule has 0 bridgehead atoms. The Kier molecular flexibility index (Phi) is 5.35. The summed E-state index contributed by atoms with van der Waals surface area (Å²) in [5.41, 5.74) is 9.73. The van der Waals surface area contributed by atoms with E-state index in [4.69, 9.17) is 10.5 Å². The molecule has 0 aromatic heterocycles. The van der Waals surface area contributed by atoms with Crippen LogP contribution in [-0.4, -0.2) is 31.1 Å². The number of hydrogen-bond acceptors (Lipinski definition) is 3. The highest BCUT2D eigenvalue weighted by atomic mass is 16.5. The maximum Gasteiger partial charge on any atom is 0.324 e. The third-order valence-corrected chi connectivity index (χ3v) is 4.82. The fourth-order valence-corrected chi connectivity index (χ4v) is 3.30. The minimum atomic E-state index is -0.00640. The Hall–Kier alpha value is -2.69. The van der Waals surface area contributed by atoms with Gasteiger partial charge in [-0.3, -0.25) is 4.90 Å². The fraction of sp³-hybridized carbons (Fsp3) is 0.381. The molecule has 0 radical (unpaired) electrons. The van der Waals surface area contributed by atoms with Crippen LogP contribution >= 0.6 is 0 Å². The second-order valence-corrected chi connectivity index (χ2v) is 7.04. The van der Waals surface area contributed by atoms with Crippen LogP contribution in [0.15, 0.2) is 42.5 Å². The number of benzene rings is 2. The molecule has 0 unspecified atom stereocenters. The van der Waals surface area contributed by atoms with Gasteiger partial charge in [0.05, 0.1) is 12.8 Å². The maximum atomic E-state index is 13.0. The van der Waals surface area contributed by atoms with Gasteiger partial charge >= 0.3 is 6.03 Å². The molecular weight excluding hydrogens is 326 g/mol. The third kappa shape index (κ3) is 3.77. The number of nitrogen functional groups attached to an aromatic ring is 1. The van der Waals surface area contributed by atoms with Gasteiger partial charge in [0, 0.05) is 25.3 Å². The molecule has 1 saturated heterocycles. The topological polar surface area (TPSA) is 58.8 Å². The summed E-state index contributed by atoms with van der Waals surface area (Å²) in [5.74, 6) is 1.17. The van der Waals surface area contributed by atoms with Gasteiger partial charge < -0.3 is 15.4 Å². The highest BCUT2D eigenvalue weighted by Gasteiger charge is 2.28. The first-order chi connectivity index (χ1) is 12.5. The lowest BCUT2D eigenvalue weighted by molar-refractivity contribution is 0.192. The van der Waals surface area contributed by atoms with Crippen molar-refractivity contribution in [2.24, 2.45) is 0 Å². The number of amides is 2. The molecule has 1 aliphatic heterocycles. The molecule has 0 atom stereocenters. The number of nitrogens with zero attached hydrogens (tertiary/aromatic N) is 2. The number of urea groups is 1. The van der Waals surface area contributed by atoms with Gasteiger partial charge in [0.1, 0.15) is 5.75 Å². The minimum absolute atomic E-state index is 0.00640. The van der Waals surface area contributed by atoms with Crippen molar-refractivity contribution in [2.75, 3.05) is 30.8 Å². The number of nitrogens with two attached hydrogens (primary N) is 1. The van der Waals surface area contributed by atoms with E-state index in [1.165, 1.54) is 5.56 Å². The van der Waals surface area contributed by atoms with E-state index in [9.17, 15) is 4.79 Å². The van der Waals surface area contributed by atoms with E-state index >= 15 is 0 Å². The monoisotopic (exact) mass is 353 g/mol. The van der Waals surface area contributed by atoms with Crippen molar-refractivity contribution < 1.29 is 9.53 Å². The fourth-order valence-electron chi connectivity index (χ4n) is 3.30. The number of anilines is 2. The summed E-state index contributed by atoms with van der Waals surface area (Å²) in [6.07, 6.45) is 0.910. The molecule has 3 rings (SSSR count). The molecule has 0 spiro atoms. The Bertz CT molecular complexity index is 771. The van der Waals surface area contributed by atoms with E-state index in [-0.39, 0.29) is 6.03 Å². The summed E-state index contributed by atoms with van der Waals surface area (Å²) in [7, 11) is 1.61. The largest absolute Gasteiger partial charge is 0.495 e. The number of methoxy groups -OCH3 is 1. The van der Waals surface area contributed by atoms with Gasteiger partial charge in [0.25, 0.3) is 0 Å². The van der Waals surface area contributed by atoms with Crippen molar-refractivity contribution in [3.05, 3.63) is 53.6 Å². The zero-order valence-corrected chi connectivity index (χ0v) is 15.7. The lowest BCUT2D eigenvalue weighted by Crippen LogP contribution is -2.49. The highest BCUT2D eigenvalue weighted by Crippen LogP contribution is 2.32. The Morgan fingerprint density at radius 2 is 1.85 bits per heavy atom. The van der Waals surface area contributed by atoms with E-state index < -0.39 is 0 Å². The lowest BCUT2D eigenvalue weighted by atomic mass is 10.0. The molecule has 2 aromatic rings. The molecule has 2 N–H and O–H groups in total. The molecule has 1 heterocycles. The van der Waals surface area contributed by atoms with Crippen molar-refractivity contribution >= 4 is 17.4 Å². The second-order valence-electron chi connectivity index (χ2n) is 7.04. The molecule has 138 valence electrons. The number of ether oxygens (including phenoxy) is 1. The predicted molar refractivity (Wildman–Crippen MR) is 106 cm³/mol. The zero-order valence-electron chi connectivity index (χ0n) is 15.7. The van der Waals surface area contributed by atoms with Crippen LogP contribution < -0.4 is 15.4 Å². The van der Waals surface area contributed by atoms with Crippen molar-refractivity contribution in [3.8, 4) is 5.75 Å². The molecule has 1 fully saturated rings. The summed E-state index contributed by atoms with van der Waals surface area (Å²) in [5, 5.41) is 0. The summed E-state index contributed by atoms with van der Waals surface area (Å²) in [4.78, 5) is 16.7. The average Bonchev–Trinajstić information content (AvgIpc) is 2.64. The lowest BCUT2D eigenvalue weighted by Gasteiger charge is -2.36. The molecule has 0 saturated carbocycles. The SMILES string of the molecule is COc1ccc(N)cc1N1CCCN(Cc2ccc(C(C)C)cc2)C1=O. The van der Waals surface area contributed by atoms with Gasteiger partial charge in [0.15, 0.2) is 0 Å². The van der Waals surface area contributed by atoms with E-state index in [1.54, 1.807) is 24.1 Å². The van der Waals surface area contributed by atoms with Crippen LogP contribution in [0.1, 0.15) is 37.3 Å². The Morgan fingerprint density at radius 1 is 1.12 bits per heavy atom. The van der Waals surface area contributed by atoms with E-state index in [2.05, 4.69) is 38.1 Å². The van der Waals surface area contributed by atoms with Crippen LogP contribution in [0.5, 0.6) is 5.75 Å². The summed E-state index contributed by atoms with van der Waals surface area (Å²) >= 11 is 0. The Balaban J connectivity index is 1.78. The van der Waals surface area contributed by atoms with Gasteiger partial charge in [-0.2, -0.15) is 0 Å². The first-order valence-corrected chi connectivity index (χ1v) is 9.08. The van der Waals surface area contributed by atoms with E-state index in [0.717, 1.165) is 24.2 Å². The van der Waals surface area contributed by atoms with E-state index in [1.807, 2.05) is 11.0 Å². The van der Waals surface area contributed by atoms with Gasteiger partial charge in [-0.25, -0.2) is 4.79 Å². The maximum absolute atomic E-state index is 13.0. The molecule has 2 amide bonds. The smallest absolute Gasteiger partial charge is 0.324 e. The number of rotatable bonds is 5. The number of hydrogen-bond donors (Lipinski definition) is 1. The summed E-state index contributed by atoms with van der Waals surface area (Å²) in [6, 6.07) is 13.9. The third-order valence-electron chi connectivity index (χ3n) is 4.82. The zero-order chi connectivity index (χ0) is 18.7. The molecule has 5 nitrogen and oxygen atoms in total. The highest BCUT2D eigenvalue weighted by molar-refractivity contribution is 5.95. The summed E-state index contributed by atoms with van der Waals surface area (Å²) in [6.45, 7) is 6.39. The van der Waals surface area contributed by atoms with Crippen LogP contribution in [0.3, 0.4) is 0 Å². The molecule has 0 aliphatic carbocycles. The van der Waals surface area contributed by atoms with E-state index in [0.29, 0.717) is 30.4 Å². The average molecular weight is 353 g/mol. The first kappa shape index (κ1) is 18.1. The molecule has 5 heteroatoms. The Labute approximate surface area is 155 Å². The van der Waals surface area contributed by atoms with Gasteiger partial charge in [-0.1, -0.05) is 38.1 Å². The Morgan fingerprint density at radius 3 is 2.50 bits per heavy atom. The summed E-state index contributed by atoms with van der Waals surface area (Å²) < 4.78 is 5.42. The standard InChI is InChI=1S/C21H27N3O2/c1-15(2)17-7-5-16(6-8-17)14-23-11-4-12-24(21(23)25)19-13-18(22)9-10-20(19)26-3/h5-10,13,15H,4,11-12,14,22H2,1-3H3. The van der Waals surface area contributed by atoms with Crippen molar-refractivity contribution in [1.82, 2.24) is 4.90 Å². The van der Waals surface area contributed by atoms with Crippen molar-refractivity contribution in [1.29, 1.82) is 0 Å². The molecular formula is C21H27N3O2. The van der Waals surface area contributed by atoms with Gasteiger partial charge in [0.2, 0.25) is 0 Å². The minimum Gasteiger partial charge on any atom is -0.495 e. The molecule has 26 heavy (non-hydrogen) atoms. The van der Waals surface area contributed by atoms with Crippen LogP contribution in [0.25, 0.3) is 0 Å². The van der Waals surface area contributed by atoms with Crippen LogP contribution in [0.2, 0.25) is 0 Å². The molecule has 2 aromatic carbocycles. The van der Waals surface area contributed by atoms with Crippen LogP contribution in [-0.2, 0) is 6.54 Å². The molecule has 1 aliphatic rings. The normalized spacial score (nSPS) is 14.8. The van der Waals surface area contributed by atoms with Crippen LogP contribution in [0.4, 0.5) is 16.2 Å². The quantitative estimate of drug-likeness (QED) is 0.818. The van der Waals surface area contributed by atoms with Crippen molar-refractivity contribution in [2.45, 2.75) is 32.7 Å². The number of carbonyl (C=O) groups excluding carboxylic acids is 1. The predicted octanol–water partition coefficient (Wildman–Crippen LogP) is 4.23. The van der Waals surface area contributed by atoms with Gasteiger partial charge in [-0.05, 0) is 41.7 Å². The van der Waals surface area contributed by atoms with Crippen molar-refractivity contribution in [3.63, 3.8) is 0 Å². The van der Waals surface area contributed by atoms with Gasteiger partial charge in [-0.15, -0.1) is 0 Å². The second kappa shape index (κ2) is 7.68. The number of carbonyl (C=O) groups is 1.